The maximum absolute atomic E-state index is 13.2. The lowest BCUT2D eigenvalue weighted by Gasteiger charge is -2.23. The van der Waals surface area contributed by atoms with E-state index in [9.17, 15) is 31.1 Å². The van der Waals surface area contributed by atoms with Crippen molar-refractivity contribution in [3.05, 3.63) is 24.0 Å². The molecular weight excluding hydrogens is 314 g/mol. The summed E-state index contributed by atoms with van der Waals surface area (Å²) in [5, 5.41) is 9.85. The molecule has 1 saturated heterocycles. The molecule has 1 heterocycles. The van der Waals surface area contributed by atoms with E-state index >= 15 is 0 Å². The lowest BCUT2D eigenvalue weighted by molar-refractivity contribution is -0.0435. The van der Waals surface area contributed by atoms with Gasteiger partial charge < -0.3 is 10.0 Å². The molecule has 1 atom stereocenters. The minimum absolute atomic E-state index is 0.0288. The number of β-amino-alcohol motifs (C(OH)–C–C–N with tert-alkyl or cyclic N) is 1. The summed E-state index contributed by atoms with van der Waals surface area (Å²) in [7, 11) is -5.67. The maximum Gasteiger partial charge on any atom is 0.501 e. The van der Waals surface area contributed by atoms with Crippen LogP contribution in [-0.4, -0.2) is 37.7 Å². The third-order valence-corrected chi connectivity index (χ3v) is 4.82. The van der Waals surface area contributed by atoms with Crippen LogP contribution < -0.4 is 4.90 Å². The Morgan fingerprint density at radius 2 is 1.95 bits per heavy atom. The minimum atomic E-state index is -5.67. The SMILES string of the molecule is CC1(O)CCN(c2ccc(F)cc2S(=O)(=O)C(F)(F)F)C1. The molecule has 0 spiro atoms. The average molecular weight is 327 g/mol. The second-order valence-corrected chi connectivity index (χ2v) is 7.14. The van der Waals surface area contributed by atoms with E-state index < -0.39 is 31.7 Å². The molecule has 0 bridgehead atoms. The molecule has 0 aliphatic carbocycles. The van der Waals surface area contributed by atoms with Gasteiger partial charge in [-0.25, -0.2) is 12.8 Å². The molecule has 2 rings (SSSR count). The molecule has 1 fully saturated rings. The normalized spacial score (nSPS) is 23.6. The van der Waals surface area contributed by atoms with Crippen molar-refractivity contribution in [2.45, 2.75) is 29.3 Å². The summed E-state index contributed by atoms with van der Waals surface area (Å²) >= 11 is 0. The van der Waals surface area contributed by atoms with Gasteiger partial charge in [0.05, 0.1) is 11.3 Å². The Labute approximate surface area is 118 Å². The standard InChI is InChI=1S/C12H13F4NO3S/c1-11(18)4-5-17(7-11)9-3-2-8(13)6-10(9)21(19,20)12(14,15)16/h2-3,6,18H,4-5,7H2,1H3. The van der Waals surface area contributed by atoms with Crippen molar-refractivity contribution in [3.8, 4) is 0 Å². The fraction of sp³-hybridized carbons (Fsp3) is 0.500. The maximum atomic E-state index is 13.2. The van der Waals surface area contributed by atoms with Gasteiger partial charge >= 0.3 is 5.51 Å². The smallest absolute Gasteiger partial charge is 0.388 e. The third kappa shape index (κ3) is 2.98. The molecule has 1 aromatic rings. The molecular formula is C12H13F4NO3S. The number of hydrogen-bond acceptors (Lipinski definition) is 4. The fourth-order valence-electron chi connectivity index (χ4n) is 2.24. The lowest BCUT2D eigenvalue weighted by Crippen LogP contribution is -2.31. The van der Waals surface area contributed by atoms with Crippen LogP contribution in [0.4, 0.5) is 23.2 Å². The van der Waals surface area contributed by atoms with Crippen LogP contribution in [0.25, 0.3) is 0 Å². The van der Waals surface area contributed by atoms with Crippen LogP contribution in [0, 0.1) is 5.82 Å². The van der Waals surface area contributed by atoms with E-state index in [4.69, 9.17) is 0 Å². The Kier molecular flexibility index (Phi) is 3.69. The largest absolute Gasteiger partial charge is 0.501 e. The van der Waals surface area contributed by atoms with E-state index in [0.717, 1.165) is 12.1 Å². The van der Waals surface area contributed by atoms with Crippen molar-refractivity contribution in [3.63, 3.8) is 0 Å². The molecule has 1 N–H and O–H groups in total. The van der Waals surface area contributed by atoms with Crippen molar-refractivity contribution in [1.29, 1.82) is 0 Å². The second kappa shape index (κ2) is 4.84. The molecule has 118 valence electrons. The number of anilines is 1. The number of hydrogen-bond donors (Lipinski definition) is 1. The summed E-state index contributed by atoms with van der Waals surface area (Å²) < 4.78 is 74.4. The van der Waals surface area contributed by atoms with Crippen LogP contribution in [0.5, 0.6) is 0 Å². The summed E-state index contributed by atoms with van der Waals surface area (Å²) in [6, 6.07) is 2.22. The van der Waals surface area contributed by atoms with Gasteiger partial charge in [-0.1, -0.05) is 0 Å². The summed E-state index contributed by atoms with van der Waals surface area (Å²) in [5.74, 6) is -1.08. The highest BCUT2D eigenvalue weighted by Crippen LogP contribution is 2.38. The van der Waals surface area contributed by atoms with Crippen LogP contribution in [0.15, 0.2) is 23.1 Å². The molecule has 21 heavy (non-hydrogen) atoms. The Hall–Kier alpha value is -1.35. The number of benzene rings is 1. The quantitative estimate of drug-likeness (QED) is 0.845. The van der Waals surface area contributed by atoms with Gasteiger partial charge in [0.2, 0.25) is 0 Å². The molecule has 1 aliphatic rings. The van der Waals surface area contributed by atoms with E-state index in [1.807, 2.05) is 0 Å². The van der Waals surface area contributed by atoms with Crippen molar-refractivity contribution < 1.29 is 31.1 Å². The highest BCUT2D eigenvalue weighted by atomic mass is 32.2. The van der Waals surface area contributed by atoms with E-state index in [-0.39, 0.29) is 25.2 Å². The van der Waals surface area contributed by atoms with E-state index in [1.165, 1.54) is 11.8 Å². The van der Waals surface area contributed by atoms with E-state index in [1.54, 1.807) is 0 Å². The molecule has 0 radical (unpaired) electrons. The topological polar surface area (TPSA) is 57.6 Å². The van der Waals surface area contributed by atoms with Gasteiger partial charge in [-0.3, -0.25) is 0 Å². The summed E-state index contributed by atoms with van der Waals surface area (Å²) in [6.45, 7) is 1.65. The number of sulfone groups is 1. The Morgan fingerprint density at radius 3 is 2.43 bits per heavy atom. The number of halogens is 4. The Morgan fingerprint density at radius 1 is 1.33 bits per heavy atom. The third-order valence-electron chi connectivity index (χ3n) is 3.31. The summed E-state index contributed by atoms with van der Waals surface area (Å²) in [4.78, 5) is 0.172. The molecule has 1 unspecified atom stereocenters. The van der Waals surface area contributed by atoms with Gasteiger partial charge in [-0.05, 0) is 31.5 Å². The molecule has 9 heteroatoms. The fourth-order valence-corrected chi connectivity index (χ4v) is 3.23. The predicted octanol–water partition coefficient (Wildman–Crippen LogP) is 2.08. The van der Waals surface area contributed by atoms with Gasteiger partial charge in [0, 0.05) is 13.1 Å². The zero-order valence-corrected chi connectivity index (χ0v) is 11.8. The number of aliphatic hydroxyl groups is 1. The Balaban J connectivity index is 2.55. The first kappa shape index (κ1) is 16.0. The summed E-state index contributed by atoms with van der Waals surface area (Å²) in [6.07, 6.45) is 0.274. The van der Waals surface area contributed by atoms with Crippen molar-refractivity contribution in [2.75, 3.05) is 18.0 Å². The highest BCUT2D eigenvalue weighted by molar-refractivity contribution is 7.92. The molecule has 0 aromatic heterocycles. The van der Waals surface area contributed by atoms with Gasteiger partial charge in [0.1, 0.15) is 10.7 Å². The summed E-state index contributed by atoms with van der Waals surface area (Å²) in [5.41, 5.74) is -6.91. The number of rotatable bonds is 2. The van der Waals surface area contributed by atoms with Gasteiger partial charge in [0.15, 0.2) is 0 Å². The first-order chi connectivity index (χ1) is 9.44. The van der Waals surface area contributed by atoms with Crippen LogP contribution in [-0.2, 0) is 9.84 Å². The van der Waals surface area contributed by atoms with Crippen LogP contribution in [0.1, 0.15) is 13.3 Å². The molecule has 1 aromatic carbocycles. The average Bonchev–Trinajstić information content (AvgIpc) is 2.68. The zero-order valence-electron chi connectivity index (χ0n) is 11.0. The van der Waals surface area contributed by atoms with Crippen molar-refractivity contribution >= 4 is 15.5 Å². The Bertz CT molecular complexity index is 655. The number of nitrogens with zero attached hydrogens (tertiary/aromatic N) is 1. The number of alkyl halides is 3. The van der Waals surface area contributed by atoms with Crippen LogP contribution in [0.3, 0.4) is 0 Å². The highest BCUT2D eigenvalue weighted by Gasteiger charge is 2.49. The second-order valence-electron chi connectivity index (χ2n) is 5.23. The van der Waals surface area contributed by atoms with E-state index in [2.05, 4.69) is 0 Å². The van der Waals surface area contributed by atoms with Crippen molar-refractivity contribution in [1.82, 2.24) is 0 Å². The molecule has 0 saturated carbocycles. The minimum Gasteiger partial charge on any atom is -0.388 e. The van der Waals surface area contributed by atoms with Gasteiger partial charge in [-0.15, -0.1) is 0 Å². The zero-order chi connectivity index (χ0) is 16.1. The van der Waals surface area contributed by atoms with E-state index in [0.29, 0.717) is 6.07 Å². The monoisotopic (exact) mass is 327 g/mol. The first-order valence-electron chi connectivity index (χ1n) is 6.02. The predicted molar refractivity (Wildman–Crippen MR) is 67.1 cm³/mol. The molecule has 4 nitrogen and oxygen atoms in total. The van der Waals surface area contributed by atoms with Gasteiger partial charge in [0.25, 0.3) is 9.84 Å². The van der Waals surface area contributed by atoms with Gasteiger partial charge in [-0.2, -0.15) is 13.2 Å². The van der Waals surface area contributed by atoms with Crippen molar-refractivity contribution in [2.24, 2.45) is 0 Å². The lowest BCUT2D eigenvalue weighted by atomic mass is 10.1. The first-order valence-corrected chi connectivity index (χ1v) is 7.51. The van der Waals surface area contributed by atoms with Crippen LogP contribution >= 0.6 is 0 Å². The molecule has 0 amide bonds. The van der Waals surface area contributed by atoms with Crippen LogP contribution in [0.2, 0.25) is 0 Å². The molecule has 1 aliphatic heterocycles.